The summed E-state index contributed by atoms with van der Waals surface area (Å²) in [5, 5.41) is 3.06. The van der Waals surface area contributed by atoms with Crippen molar-refractivity contribution >= 4 is 5.91 Å². The van der Waals surface area contributed by atoms with Gasteiger partial charge >= 0.3 is 0 Å². The number of hydrogen-bond acceptors (Lipinski definition) is 2. The van der Waals surface area contributed by atoms with Crippen LogP contribution in [0.5, 0.6) is 0 Å². The molecule has 0 radical (unpaired) electrons. The molecule has 25 heavy (non-hydrogen) atoms. The van der Waals surface area contributed by atoms with Gasteiger partial charge in [-0.1, -0.05) is 62.4 Å². The molecule has 4 heteroatoms. The van der Waals surface area contributed by atoms with Crippen LogP contribution in [-0.2, 0) is 17.8 Å². The normalized spacial score (nSPS) is 15.2. The lowest BCUT2D eigenvalue weighted by Gasteiger charge is -2.20. The molecule has 0 unspecified atom stereocenters. The Bertz CT molecular complexity index is 644. The quantitative estimate of drug-likeness (QED) is 0.791. The van der Waals surface area contributed by atoms with E-state index in [9.17, 15) is 4.79 Å². The van der Waals surface area contributed by atoms with Gasteiger partial charge in [-0.15, -0.1) is 0 Å². The average Bonchev–Trinajstić information content (AvgIpc) is 3.09. The number of amides is 1. The summed E-state index contributed by atoms with van der Waals surface area (Å²) in [6, 6.07) is 10.4. The van der Waals surface area contributed by atoms with Crippen LogP contribution in [0.1, 0.15) is 56.3 Å². The maximum atomic E-state index is 12.1. The number of hydrogen-bond donors (Lipinski definition) is 1. The molecule has 1 saturated carbocycles. The summed E-state index contributed by atoms with van der Waals surface area (Å²) in [7, 11) is 0. The van der Waals surface area contributed by atoms with E-state index in [0.29, 0.717) is 13.0 Å². The Hall–Kier alpha value is -2.10. The van der Waals surface area contributed by atoms with Crippen molar-refractivity contribution in [2.75, 3.05) is 6.54 Å². The van der Waals surface area contributed by atoms with Crippen LogP contribution in [0.25, 0.3) is 0 Å². The molecule has 1 amide bonds. The highest BCUT2D eigenvalue weighted by Gasteiger charge is 2.14. The maximum absolute atomic E-state index is 12.1. The second-order valence-corrected chi connectivity index (χ2v) is 7.10. The van der Waals surface area contributed by atoms with Crippen LogP contribution < -0.4 is 5.32 Å². The smallest absolute Gasteiger partial charge is 0.220 e. The number of nitrogens with zero attached hydrogens (tertiary/aromatic N) is 2. The first-order chi connectivity index (χ1) is 12.3. The monoisotopic (exact) mass is 339 g/mol. The van der Waals surface area contributed by atoms with E-state index in [1.807, 2.05) is 18.5 Å². The molecule has 0 atom stereocenters. The molecule has 1 fully saturated rings. The average molecular weight is 339 g/mol. The molecule has 1 N–H and O–H groups in total. The summed E-state index contributed by atoms with van der Waals surface area (Å²) in [5.41, 5.74) is 1.26. The first-order valence-electron chi connectivity index (χ1n) is 9.62. The topological polar surface area (TPSA) is 46.9 Å². The van der Waals surface area contributed by atoms with Gasteiger partial charge < -0.3 is 9.88 Å². The van der Waals surface area contributed by atoms with Crippen molar-refractivity contribution in [1.29, 1.82) is 0 Å². The van der Waals surface area contributed by atoms with Gasteiger partial charge in [0.1, 0.15) is 5.82 Å². The minimum Gasteiger partial charge on any atom is -0.356 e. The molecule has 134 valence electrons. The van der Waals surface area contributed by atoms with Crippen molar-refractivity contribution in [2.45, 2.75) is 57.9 Å². The van der Waals surface area contributed by atoms with Gasteiger partial charge in [0.2, 0.25) is 5.91 Å². The van der Waals surface area contributed by atoms with Crippen molar-refractivity contribution in [1.82, 2.24) is 14.9 Å². The number of benzene rings is 1. The molecule has 1 aliphatic rings. The van der Waals surface area contributed by atoms with Crippen molar-refractivity contribution in [3.63, 3.8) is 0 Å². The van der Waals surface area contributed by atoms with Gasteiger partial charge in [0.25, 0.3) is 0 Å². The molecular weight excluding hydrogens is 310 g/mol. The van der Waals surface area contributed by atoms with E-state index in [1.165, 1.54) is 37.7 Å². The molecule has 0 aliphatic heterocycles. The largest absolute Gasteiger partial charge is 0.356 e. The molecule has 4 nitrogen and oxygen atoms in total. The van der Waals surface area contributed by atoms with Gasteiger partial charge in [-0.3, -0.25) is 4.79 Å². The van der Waals surface area contributed by atoms with Crippen LogP contribution in [0.15, 0.2) is 42.7 Å². The minimum atomic E-state index is 0.187. The molecule has 0 spiro atoms. The Kier molecular flexibility index (Phi) is 6.66. The van der Waals surface area contributed by atoms with Gasteiger partial charge in [0.05, 0.1) is 0 Å². The van der Waals surface area contributed by atoms with E-state index in [2.05, 4.69) is 39.1 Å². The lowest BCUT2D eigenvalue weighted by Crippen LogP contribution is -2.27. The number of rotatable bonds is 8. The predicted octanol–water partition coefficient (Wildman–Crippen LogP) is 3.95. The second kappa shape index (κ2) is 9.40. The summed E-state index contributed by atoms with van der Waals surface area (Å²) in [5.74, 6) is 1.98. The summed E-state index contributed by atoms with van der Waals surface area (Å²) < 4.78 is 2.16. The third kappa shape index (κ3) is 5.73. The molecule has 3 rings (SSSR count). The zero-order valence-electron chi connectivity index (χ0n) is 15.0. The number of aromatic nitrogens is 2. The third-order valence-corrected chi connectivity index (χ3v) is 5.17. The van der Waals surface area contributed by atoms with Crippen LogP contribution in [-0.4, -0.2) is 22.0 Å². The van der Waals surface area contributed by atoms with E-state index in [-0.39, 0.29) is 5.91 Å². The van der Waals surface area contributed by atoms with Gasteiger partial charge in [-0.2, -0.15) is 0 Å². The second-order valence-electron chi connectivity index (χ2n) is 7.10. The Morgan fingerprint density at radius 2 is 1.96 bits per heavy atom. The summed E-state index contributed by atoms with van der Waals surface area (Å²) in [6.07, 6.45) is 13.0. The standard InChI is InChI=1S/C21H29N3O/c25-21(12-11-18-7-3-1-4-8-18)23-14-13-20-22-15-16-24(20)17-19-9-5-2-6-10-19/h2,5-6,9-10,15-16,18H,1,3-4,7-8,11-14,17H2,(H,23,25). The fourth-order valence-corrected chi connectivity index (χ4v) is 3.71. The molecule has 1 aromatic carbocycles. The molecule has 1 aromatic heterocycles. The summed E-state index contributed by atoms with van der Waals surface area (Å²) in [4.78, 5) is 16.5. The number of carbonyl (C=O) groups is 1. The Morgan fingerprint density at radius 3 is 2.76 bits per heavy atom. The van der Waals surface area contributed by atoms with E-state index in [4.69, 9.17) is 0 Å². The first-order valence-corrected chi connectivity index (χ1v) is 9.62. The fourth-order valence-electron chi connectivity index (χ4n) is 3.71. The van der Waals surface area contributed by atoms with Crippen LogP contribution >= 0.6 is 0 Å². The van der Waals surface area contributed by atoms with Crippen molar-refractivity contribution < 1.29 is 4.79 Å². The highest BCUT2D eigenvalue weighted by molar-refractivity contribution is 5.75. The molecule has 0 bridgehead atoms. The Labute approximate surface area is 150 Å². The molecule has 0 saturated heterocycles. The Balaban J connectivity index is 1.38. The Morgan fingerprint density at radius 1 is 1.16 bits per heavy atom. The van der Waals surface area contributed by atoms with E-state index in [1.54, 1.807) is 0 Å². The number of nitrogens with one attached hydrogen (secondary N) is 1. The highest BCUT2D eigenvalue weighted by atomic mass is 16.1. The van der Waals surface area contributed by atoms with E-state index >= 15 is 0 Å². The fraction of sp³-hybridized carbons (Fsp3) is 0.524. The van der Waals surface area contributed by atoms with Crippen molar-refractivity contribution in [3.05, 3.63) is 54.1 Å². The predicted molar refractivity (Wildman–Crippen MR) is 100 cm³/mol. The van der Waals surface area contributed by atoms with Gasteiger partial charge in [0.15, 0.2) is 0 Å². The van der Waals surface area contributed by atoms with Gasteiger partial charge in [0, 0.05) is 38.3 Å². The zero-order chi connectivity index (χ0) is 17.3. The molecule has 1 aliphatic carbocycles. The van der Waals surface area contributed by atoms with E-state index < -0.39 is 0 Å². The number of imidazole rings is 1. The van der Waals surface area contributed by atoms with Gasteiger partial charge in [-0.05, 0) is 17.9 Å². The van der Waals surface area contributed by atoms with E-state index in [0.717, 1.165) is 31.1 Å². The number of carbonyl (C=O) groups excluding carboxylic acids is 1. The summed E-state index contributed by atoms with van der Waals surface area (Å²) in [6.45, 7) is 1.49. The van der Waals surface area contributed by atoms with Crippen LogP contribution in [0.4, 0.5) is 0 Å². The van der Waals surface area contributed by atoms with Crippen LogP contribution in [0.3, 0.4) is 0 Å². The molecule has 1 heterocycles. The molecule has 2 aromatic rings. The van der Waals surface area contributed by atoms with Gasteiger partial charge in [-0.25, -0.2) is 4.98 Å². The lowest BCUT2D eigenvalue weighted by molar-refractivity contribution is -0.121. The zero-order valence-corrected chi connectivity index (χ0v) is 15.0. The summed E-state index contributed by atoms with van der Waals surface area (Å²) >= 11 is 0. The lowest BCUT2D eigenvalue weighted by atomic mass is 9.86. The third-order valence-electron chi connectivity index (χ3n) is 5.17. The van der Waals surface area contributed by atoms with Crippen LogP contribution in [0.2, 0.25) is 0 Å². The first kappa shape index (κ1) is 17.7. The highest BCUT2D eigenvalue weighted by Crippen LogP contribution is 2.27. The minimum absolute atomic E-state index is 0.187. The van der Waals surface area contributed by atoms with Crippen molar-refractivity contribution in [3.8, 4) is 0 Å². The van der Waals surface area contributed by atoms with Crippen molar-refractivity contribution in [2.24, 2.45) is 5.92 Å². The molecular formula is C21H29N3O. The maximum Gasteiger partial charge on any atom is 0.220 e. The van der Waals surface area contributed by atoms with Crippen LogP contribution in [0, 0.1) is 5.92 Å². The SMILES string of the molecule is O=C(CCC1CCCCC1)NCCc1nccn1Cc1ccccc1.